The van der Waals surface area contributed by atoms with Crippen LogP contribution in [0.2, 0.25) is 0 Å². The van der Waals surface area contributed by atoms with Gasteiger partial charge in [-0.15, -0.1) is 0 Å². The molecule has 0 aliphatic carbocycles. The van der Waals surface area contributed by atoms with Gasteiger partial charge in [-0.05, 0) is 63.1 Å². The molecule has 14 nitrogen and oxygen atoms in total. The van der Waals surface area contributed by atoms with Crippen LogP contribution in [0.1, 0.15) is 34.4 Å². The summed E-state index contributed by atoms with van der Waals surface area (Å²) in [6, 6.07) is 8.21. The molecule has 0 radical (unpaired) electrons. The standard InChI is InChI=1S/C24H24N8O6S2/c1-13-25-14(2)28-23(27-13)31-19-9-7-17(21(11-19)39(33,34)35)5-6-18-8-10-20(12-22(18)40(36,37)38)32-24-29-15(3)26-16(4)30-24/h5-12H,1-4H3,(H,33,34,35)(H,36,37,38)(H,25,27,28,31)(H,26,29,30,32). The Morgan fingerprint density at radius 3 is 1.20 bits per heavy atom. The van der Waals surface area contributed by atoms with Gasteiger partial charge in [0.25, 0.3) is 20.2 Å². The summed E-state index contributed by atoms with van der Waals surface area (Å²) in [4.78, 5) is 23.8. The molecule has 0 saturated heterocycles. The molecular weight excluding hydrogens is 560 g/mol. The molecule has 0 aliphatic heterocycles. The van der Waals surface area contributed by atoms with Gasteiger partial charge in [-0.1, -0.05) is 24.3 Å². The molecule has 208 valence electrons. The molecule has 2 heterocycles. The van der Waals surface area contributed by atoms with E-state index in [0.717, 1.165) is 0 Å². The van der Waals surface area contributed by atoms with E-state index >= 15 is 0 Å². The van der Waals surface area contributed by atoms with Crippen LogP contribution in [0.25, 0.3) is 12.2 Å². The smallest absolute Gasteiger partial charge is 0.295 e. The molecule has 2 aromatic carbocycles. The van der Waals surface area contributed by atoms with Gasteiger partial charge in [0.2, 0.25) is 11.9 Å². The molecule has 16 heteroatoms. The quantitative estimate of drug-likeness (QED) is 0.173. The summed E-state index contributed by atoms with van der Waals surface area (Å²) in [5.74, 6) is 2.20. The fourth-order valence-corrected chi connectivity index (χ4v) is 5.15. The molecule has 0 fully saturated rings. The normalized spacial score (nSPS) is 12.1. The van der Waals surface area contributed by atoms with E-state index in [-0.39, 0.29) is 34.4 Å². The van der Waals surface area contributed by atoms with Gasteiger partial charge in [-0.25, -0.2) is 9.97 Å². The van der Waals surface area contributed by atoms with Gasteiger partial charge >= 0.3 is 0 Å². The Hall–Kier alpha value is -4.38. The maximum Gasteiger partial charge on any atom is 0.295 e. The third-order valence-electron chi connectivity index (χ3n) is 5.26. The van der Waals surface area contributed by atoms with Crippen molar-refractivity contribution in [2.24, 2.45) is 0 Å². The first-order valence-corrected chi connectivity index (χ1v) is 14.4. The van der Waals surface area contributed by atoms with E-state index in [9.17, 15) is 25.9 Å². The molecule has 40 heavy (non-hydrogen) atoms. The first-order valence-electron chi connectivity index (χ1n) is 11.5. The first-order chi connectivity index (χ1) is 18.7. The zero-order valence-corrected chi connectivity index (χ0v) is 23.3. The SMILES string of the molecule is Cc1nc(C)nc(Nc2ccc(C=Cc3ccc(Nc4nc(C)nc(C)n4)cc3S(=O)(=O)O)c(S(=O)(=O)O)c2)n1. The molecule has 4 N–H and O–H groups in total. The lowest BCUT2D eigenvalue weighted by atomic mass is 10.1. The highest BCUT2D eigenvalue weighted by molar-refractivity contribution is 7.86. The summed E-state index contributed by atoms with van der Waals surface area (Å²) in [7, 11) is -9.39. The second-order valence-electron chi connectivity index (χ2n) is 8.55. The van der Waals surface area contributed by atoms with Gasteiger partial charge in [0.1, 0.15) is 33.1 Å². The molecular formula is C24H24N8O6S2. The number of anilines is 4. The topological polar surface area (TPSA) is 210 Å². The second kappa shape index (κ2) is 11.0. The average molecular weight is 585 g/mol. The van der Waals surface area contributed by atoms with Crippen molar-refractivity contribution in [2.45, 2.75) is 37.5 Å². The summed E-state index contributed by atoms with van der Waals surface area (Å²) >= 11 is 0. The molecule has 0 amide bonds. The Labute approximate surface area is 230 Å². The minimum Gasteiger partial charge on any atom is -0.324 e. The third-order valence-corrected chi connectivity index (χ3v) is 7.07. The fraction of sp³-hybridized carbons (Fsp3) is 0.167. The van der Waals surface area contributed by atoms with Crippen molar-refractivity contribution in [3.05, 3.63) is 70.8 Å². The van der Waals surface area contributed by atoms with Gasteiger partial charge in [0, 0.05) is 11.4 Å². The highest BCUT2D eigenvalue weighted by Gasteiger charge is 2.18. The molecule has 0 spiro atoms. The lowest BCUT2D eigenvalue weighted by Crippen LogP contribution is -2.06. The van der Waals surface area contributed by atoms with Crippen LogP contribution in [-0.4, -0.2) is 55.8 Å². The Morgan fingerprint density at radius 1 is 0.575 bits per heavy atom. The van der Waals surface area contributed by atoms with Gasteiger partial charge in [0.15, 0.2) is 0 Å². The average Bonchev–Trinajstić information content (AvgIpc) is 2.81. The molecule has 0 aliphatic rings. The predicted octanol–water partition coefficient (Wildman–Crippen LogP) is 3.44. The van der Waals surface area contributed by atoms with Crippen LogP contribution >= 0.6 is 0 Å². The van der Waals surface area contributed by atoms with E-state index in [1.54, 1.807) is 27.7 Å². The van der Waals surface area contributed by atoms with E-state index in [2.05, 4.69) is 40.5 Å². The maximum atomic E-state index is 12.2. The number of aryl methyl sites for hydroxylation is 4. The monoisotopic (exact) mass is 584 g/mol. The number of benzene rings is 2. The third kappa shape index (κ3) is 7.17. The highest BCUT2D eigenvalue weighted by atomic mass is 32.2. The van der Waals surface area contributed by atoms with E-state index < -0.39 is 30.0 Å². The Balaban J connectivity index is 1.69. The van der Waals surface area contributed by atoms with Crippen molar-refractivity contribution in [3.63, 3.8) is 0 Å². The minimum absolute atomic E-state index is 0.0516. The predicted molar refractivity (Wildman–Crippen MR) is 147 cm³/mol. The van der Waals surface area contributed by atoms with Crippen LogP contribution in [0.4, 0.5) is 23.3 Å². The second-order valence-corrected chi connectivity index (χ2v) is 11.3. The van der Waals surface area contributed by atoms with E-state index in [0.29, 0.717) is 23.3 Å². The van der Waals surface area contributed by atoms with Crippen molar-refractivity contribution < 1.29 is 25.9 Å². The molecule has 0 bridgehead atoms. The van der Waals surface area contributed by atoms with Crippen molar-refractivity contribution in [2.75, 3.05) is 10.6 Å². The summed E-state index contributed by atoms with van der Waals surface area (Å²) in [5, 5.41) is 5.73. The summed E-state index contributed by atoms with van der Waals surface area (Å²) in [5.41, 5.74) is 0.645. The number of rotatable bonds is 8. The van der Waals surface area contributed by atoms with Crippen LogP contribution < -0.4 is 10.6 Å². The molecule has 0 atom stereocenters. The Kier molecular flexibility index (Phi) is 7.88. The lowest BCUT2D eigenvalue weighted by Gasteiger charge is -2.11. The zero-order chi connectivity index (χ0) is 29.2. The van der Waals surface area contributed by atoms with Crippen molar-refractivity contribution in [1.82, 2.24) is 29.9 Å². The van der Waals surface area contributed by atoms with Crippen LogP contribution in [-0.2, 0) is 20.2 Å². The van der Waals surface area contributed by atoms with Crippen LogP contribution in [0.5, 0.6) is 0 Å². The molecule has 0 unspecified atom stereocenters. The van der Waals surface area contributed by atoms with Gasteiger partial charge in [-0.2, -0.15) is 36.8 Å². The van der Waals surface area contributed by atoms with Gasteiger partial charge < -0.3 is 10.6 Å². The van der Waals surface area contributed by atoms with Crippen molar-refractivity contribution in [3.8, 4) is 0 Å². The molecule has 4 rings (SSSR count). The zero-order valence-electron chi connectivity index (χ0n) is 21.6. The number of hydrogen-bond acceptors (Lipinski definition) is 12. The summed E-state index contributed by atoms with van der Waals surface area (Å²) in [6.45, 7) is 6.70. The van der Waals surface area contributed by atoms with Crippen LogP contribution in [0, 0.1) is 27.7 Å². The lowest BCUT2D eigenvalue weighted by molar-refractivity contribution is 0.480. The summed E-state index contributed by atoms with van der Waals surface area (Å²) < 4.78 is 68.4. The first kappa shape index (κ1) is 28.6. The van der Waals surface area contributed by atoms with E-state index in [4.69, 9.17) is 0 Å². The number of nitrogens with one attached hydrogen (secondary N) is 2. The minimum atomic E-state index is -4.70. The largest absolute Gasteiger partial charge is 0.324 e. The molecule has 2 aromatic heterocycles. The number of aromatic nitrogens is 6. The Bertz CT molecular complexity index is 1690. The van der Waals surface area contributed by atoms with Crippen LogP contribution in [0.3, 0.4) is 0 Å². The maximum absolute atomic E-state index is 12.2. The van der Waals surface area contributed by atoms with E-state index in [1.165, 1.54) is 48.6 Å². The number of nitrogens with zero attached hydrogens (tertiary/aromatic N) is 6. The molecule has 4 aromatic rings. The Morgan fingerprint density at radius 2 is 0.900 bits per heavy atom. The van der Waals surface area contributed by atoms with Crippen molar-refractivity contribution in [1.29, 1.82) is 0 Å². The number of hydrogen-bond donors (Lipinski definition) is 4. The van der Waals surface area contributed by atoms with Gasteiger partial charge in [0.05, 0.1) is 0 Å². The summed E-state index contributed by atoms with van der Waals surface area (Å²) in [6.07, 6.45) is 2.58. The van der Waals surface area contributed by atoms with Crippen LogP contribution in [0.15, 0.2) is 46.2 Å². The van der Waals surface area contributed by atoms with E-state index in [1.807, 2.05) is 0 Å². The molecule has 0 saturated carbocycles. The highest BCUT2D eigenvalue weighted by Crippen LogP contribution is 2.27. The fourth-order valence-electron chi connectivity index (χ4n) is 3.73. The van der Waals surface area contributed by atoms with Gasteiger partial charge in [-0.3, -0.25) is 9.11 Å². The van der Waals surface area contributed by atoms with Crippen molar-refractivity contribution >= 4 is 55.7 Å².